The first-order valence-corrected chi connectivity index (χ1v) is 7.00. The molecule has 0 aliphatic carbocycles. The molecule has 1 fully saturated rings. The van der Waals surface area contributed by atoms with Crippen molar-refractivity contribution in [1.29, 1.82) is 0 Å². The summed E-state index contributed by atoms with van der Waals surface area (Å²) >= 11 is 0. The van der Waals surface area contributed by atoms with E-state index in [0.717, 1.165) is 56.4 Å². The van der Waals surface area contributed by atoms with E-state index in [9.17, 15) is 0 Å². The minimum absolute atomic E-state index is 0.0455. The highest BCUT2D eigenvalue weighted by Crippen LogP contribution is 2.18. The van der Waals surface area contributed by atoms with E-state index in [1.807, 2.05) is 18.2 Å². The van der Waals surface area contributed by atoms with Crippen LogP contribution in [0.25, 0.3) is 0 Å². The molecule has 19 heavy (non-hydrogen) atoms. The van der Waals surface area contributed by atoms with Crippen molar-refractivity contribution in [2.24, 2.45) is 5.92 Å². The van der Waals surface area contributed by atoms with Crippen LogP contribution in [0.15, 0.2) is 24.3 Å². The van der Waals surface area contributed by atoms with E-state index in [4.69, 9.17) is 14.6 Å². The van der Waals surface area contributed by atoms with Crippen LogP contribution in [0.4, 0.5) is 0 Å². The maximum atomic E-state index is 8.81. The summed E-state index contributed by atoms with van der Waals surface area (Å²) in [5.74, 6) is 1.58. The molecule has 0 unspecified atom stereocenters. The number of hydrogen-bond donors (Lipinski definition) is 2. The summed E-state index contributed by atoms with van der Waals surface area (Å²) in [5.41, 5.74) is 1.14. The van der Waals surface area contributed by atoms with Gasteiger partial charge in [-0.2, -0.15) is 0 Å². The minimum Gasteiger partial charge on any atom is -0.491 e. The predicted molar refractivity (Wildman–Crippen MR) is 74.3 cm³/mol. The summed E-state index contributed by atoms with van der Waals surface area (Å²) in [6.07, 6.45) is 2.30. The van der Waals surface area contributed by atoms with Crippen LogP contribution < -0.4 is 10.1 Å². The quantitative estimate of drug-likeness (QED) is 0.786. The lowest BCUT2D eigenvalue weighted by molar-refractivity contribution is 0.0662. The number of benzene rings is 1. The first-order valence-electron chi connectivity index (χ1n) is 7.00. The van der Waals surface area contributed by atoms with Crippen LogP contribution in [0.2, 0.25) is 0 Å². The van der Waals surface area contributed by atoms with Gasteiger partial charge in [-0.25, -0.2) is 0 Å². The van der Waals surface area contributed by atoms with Crippen LogP contribution >= 0.6 is 0 Å². The van der Waals surface area contributed by atoms with Gasteiger partial charge >= 0.3 is 0 Å². The number of aliphatic hydroxyl groups excluding tert-OH is 1. The van der Waals surface area contributed by atoms with E-state index in [0.29, 0.717) is 6.61 Å². The molecule has 1 aromatic rings. The molecule has 2 rings (SSSR count). The molecule has 0 aromatic heterocycles. The molecular formula is C15H23NO3. The molecule has 1 heterocycles. The van der Waals surface area contributed by atoms with Crippen molar-refractivity contribution in [2.75, 3.05) is 33.0 Å². The van der Waals surface area contributed by atoms with Crippen molar-refractivity contribution in [3.8, 4) is 5.75 Å². The van der Waals surface area contributed by atoms with Crippen LogP contribution in [0, 0.1) is 5.92 Å². The number of aliphatic hydroxyl groups is 1. The molecule has 0 saturated carbocycles. The number of nitrogens with one attached hydrogen (secondary N) is 1. The molecule has 4 heteroatoms. The van der Waals surface area contributed by atoms with E-state index in [1.54, 1.807) is 0 Å². The van der Waals surface area contributed by atoms with Gasteiger partial charge < -0.3 is 19.9 Å². The molecule has 106 valence electrons. The monoisotopic (exact) mass is 265 g/mol. The second kappa shape index (κ2) is 8.15. The first-order chi connectivity index (χ1) is 9.40. The molecule has 1 saturated heterocycles. The smallest absolute Gasteiger partial charge is 0.123 e. The molecule has 0 bridgehead atoms. The zero-order chi connectivity index (χ0) is 13.3. The third-order valence-corrected chi connectivity index (χ3v) is 3.41. The Balaban J connectivity index is 1.77. The SMILES string of the molecule is OCCOc1ccccc1CNCC1CCOCC1. The second-order valence-electron chi connectivity index (χ2n) is 4.87. The average molecular weight is 265 g/mol. The van der Waals surface area contributed by atoms with Gasteiger partial charge in [-0.05, 0) is 31.4 Å². The van der Waals surface area contributed by atoms with Gasteiger partial charge in [-0.3, -0.25) is 0 Å². The zero-order valence-electron chi connectivity index (χ0n) is 11.3. The Hall–Kier alpha value is -1.10. The van der Waals surface area contributed by atoms with Gasteiger partial charge in [0, 0.05) is 25.3 Å². The molecular weight excluding hydrogens is 242 g/mol. The second-order valence-corrected chi connectivity index (χ2v) is 4.87. The summed E-state index contributed by atoms with van der Waals surface area (Å²) in [4.78, 5) is 0. The summed E-state index contributed by atoms with van der Waals surface area (Å²) in [6, 6.07) is 7.97. The number of hydrogen-bond acceptors (Lipinski definition) is 4. The molecule has 0 radical (unpaired) electrons. The van der Waals surface area contributed by atoms with E-state index in [1.165, 1.54) is 0 Å². The Morgan fingerprint density at radius 3 is 2.84 bits per heavy atom. The van der Waals surface area contributed by atoms with Gasteiger partial charge in [0.05, 0.1) is 6.61 Å². The molecule has 0 atom stereocenters. The molecule has 4 nitrogen and oxygen atoms in total. The van der Waals surface area contributed by atoms with Crippen molar-refractivity contribution in [3.05, 3.63) is 29.8 Å². The third kappa shape index (κ3) is 4.82. The van der Waals surface area contributed by atoms with Gasteiger partial charge in [-0.1, -0.05) is 18.2 Å². The summed E-state index contributed by atoms with van der Waals surface area (Å²) in [5, 5.41) is 12.3. The summed E-state index contributed by atoms with van der Waals surface area (Å²) in [7, 11) is 0. The van der Waals surface area contributed by atoms with E-state index in [2.05, 4.69) is 11.4 Å². The van der Waals surface area contributed by atoms with Crippen LogP contribution in [0.1, 0.15) is 18.4 Å². The third-order valence-electron chi connectivity index (χ3n) is 3.41. The van der Waals surface area contributed by atoms with Crippen molar-refractivity contribution < 1.29 is 14.6 Å². The maximum Gasteiger partial charge on any atom is 0.123 e. The van der Waals surface area contributed by atoms with Gasteiger partial charge in [0.25, 0.3) is 0 Å². The van der Waals surface area contributed by atoms with Crippen LogP contribution in [0.5, 0.6) is 5.75 Å². The standard InChI is InChI=1S/C15H23NO3/c17-7-10-19-15-4-2-1-3-14(15)12-16-11-13-5-8-18-9-6-13/h1-4,13,16-17H,5-12H2. The lowest BCUT2D eigenvalue weighted by atomic mass is 10.0. The fourth-order valence-electron chi connectivity index (χ4n) is 2.31. The van der Waals surface area contributed by atoms with Gasteiger partial charge in [0.1, 0.15) is 12.4 Å². The van der Waals surface area contributed by atoms with Crippen molar-refractivity contribution in [1.82, 2.24) is 5.32 Å². The Labute approximate surface area is 114 Å². The van der Waals surface area contributed by atoms with E-state index < -0.39 is 0 Å². The topological polar surface area (TPSA) is 50.7 Å². The highest BCUT2D eigenvalue weighted by molar-refractivity contribution is 5.33. The summed E-state index contributed by atoms with van der Waals surface area (Å²) < 4.78 is 10.9. The fraction of sp³-hybridized carbons (Fsp3) is 0.600. The number of ether oxygens (including phenoxy) is 2. The maximum absolute atomic E-state index is 8.81. The van der Waals surface area contributed by atoms with Gasteiger partial charge in [-0.15, -0.1) is 0 Å². The Bertz CT molecular complexity index is 364. The highest BCUT2D eigenvalue weighted by Gasteiger charge is 2.13. The predicted octanol–water partition coefficient (Wildman–Crippen LogP) is 1.57. The molecule has 1 aliphatic rings. The van der Waals surface area contributed by atoms with E-state index in [-0.39, 0.29) is 6.61 Å². The Morgan fingerprint density at radius 1 is 1.26 bits per heavy atom. The zero-order valence-corrected chi connectivity index (χ0v) is 11.3. The van der Waals surface area contributed by atoms with Gasteiger partial charge in [0.2, 0.25) is 0 Å². The van der Waals surface area contributed by atoms with Gasteiger partial charge in [0.15, 0.2) is 0 Å². The van der Waals surface area contributed by atoms with Crippen molar-refractivity contribution >= 4 is 0 Å². The Morgan fingerprint density at radius 2 is 2.05 bits per heavy atom. The average Bonchev–Trinajstić information content (AvgIpc) is 2.47. The molecule has 0 spiro atoms. The van der Waals surface area contributed by atoms with Crippen LogP contribution in [-0.2, 0) is 11.3 Å². The molecule has 1 aliphatic heterocycles. The largest absolute Gasteiger partial charge is 0.491 e. The Kier molecular flexibility index (Phi) is 6.14. The van der Waals surface area contributed by atoms with E-state index >= 15 is 0 Å². The number of rotatable bonds is 7. The van der Waals surface area contributed by atoms with Crippen LogP contribution in [-0.4, -0.2) is 38.1 Å². The fourth-order valence-corrected chi connectivity index (χ4v) is 2.31. The lowest BCUT2D eigenvalue weighted by Gasteiger charge is -2.22. The first kappa shape index (κ1) is 14.3. The molecule has 2 N–H and O–H groups in total. The normalized spacial score (nSPS) is 16.5. The minimum atomic E-state index is 0.0455. The van der Waals surface area contributed by atoms with Crippen molar-refractivity contribution in [3.63, 3.8) is 0 Å². The van der Waals surface area contributed by atoms with Crippen molar-refractivity contribution in [2.45, 2.75) is 19.4 Å². The lowest BCUT2D eigenvalue weighted by Crippen LogP contribution is -2.27. The summed E-state index contributed by atoms with van der Waals surface area (Å²) in [6.45, 7) is 4.00. The van der Waals surface area contributed by atoms with Crippen LogP contribution in [0.3, 0.4) is 0 Å². The molecule has 1 aromatic carbocycles. The number of para-hydroxylation sites is 1. The molecule has 0 amide bonds. The highest BCUT2D eigenvalue weighted by atomic mass is 16.5.